The van der Waals surface area contributed by atoms with Gasteiger partial charge in [0.25, 0.3) is 5.22 Å². The van der Waals surface area contributed by atoms with Crippen LogP contribution in [0, 0.1) is 6.92 Å². The summed E-state index contributed by atoms with van der Waals surface area (Å²) in [7, 11) is 0. The van der Waals surface area contributed by atoms with E-state index in [0.29, 0.717) is 21.8 Å². The highest BCUT2D eigenvalue weighted by molar-refractivity contribution is 7.99. The number of nitrogens with one attached hydrogen (secondary N) is 1. The van der Waals surface area contributed by atoms with Gasteiger partial charge in [0, 0.05) is 16.3 Å². The van der Waals surface area contributed by atoms with Crippen LogP contribution in [0.4, 0.5) is 5.69 Å². The molecule has 4 rings (SSSR count). The lowest BCUT2D eigenvalue weighted by Gasteiger charge is -2.07. The zero-order valence-electron chi connectivity index (χ0n) is 15.0. The summed E-state index contributed by atoms with van der Waals surface area (Å²) >= 11 is 7.17. The van der Waals surface area contributed by atoms with Crippen LogP contribution in [-0.2, 0) is 4.79 Å². The molecule has 140 valence electrons. The molecular formula is C21H16ClN3O2S. The van der Waals surface area contributed by atoms with Crippen molar-refractivity contribution in [2.45, 2.75) is 12.1 Å². The first-order chi connectivity index (χ1) is 13.6. The van der Waals surface area contributed by atoms with Crippen LogP contribution in [0.15, 0.2) is 70.3 Å². The smallest absolute Gasteiger partial charge is 0.277 e. The average Bonchev–Trinajstić information content (AvgIpc) is 3.18. The van der Waals surface area contributed by atoms with Gasteiger partial charge in [-0.05, 0) is 47.5 Å². The highest BCUT2D eigenvalue weighted by Gasteiger charge is 2.12. The van der Waals surface area contributed by atoms with Crippen LogP contribution >= 0.6 is 23.4 Å². The highest BCUT2D eigenvalue weighted by atomic mass is 35.5. The zero-order chi connectivity index (χ0) is 19.5. The van der Waals surface area contributed by atoms with E-state index in [4.69, 9.17) is 16.0 Å². The summed E-state index contributed by atoms with van der Waals surface area (Å²) in [5.74, 6) is 0.422. The number of benzene rings is 3. The van der Waals surface area contributed by atoms with Gasteiger partial charge in [-0.15, -0.1) is 10.2 Å². The molecule has 28 heavy (non-hydrogen) atoms. The van der Waals surface area contributed by atoms with Crippen LogP contribution in [0.1, 0.15) is 5.56 Å². The van der Waals surface area contributed by atoms with Gasteiger partial charge in [0.05, 0.1) is 5.75 Å². The van der Waals surface area contributed by atoms with Gasteiger partial charge in [-0.2, -0.15) is 0 Å². The molecule has 7 heteroatoms. The van der Waals surface area contributed by atoms with E-state index in [1.54, 1.807) is 12.1 Å². The molecule has 1 amide bonds. The third kappa shape index (κ3) is 4.18. The van der Waals surface area contributed by atoms with Crippen molar-refractivity contribution in [2.24, 2.45) is 0 Å². The van der Waals surface area contributed by atoms with Crippen molar-refractivity contribution in [3.63, 3.8) is 0 Å². The highest BCUT2D eigenvalue weighted by Crippen LogP contribution is 2.26. The van der Waals surface area contributed by atoms with E-state index in [0.717, 1.165) is 21.9 Å². The van der Waals surface area contributed by atoms with Crippen molar-refractivity contribution in [2.75, 3.05) is 11.1 Å². The molecule has 1 N–H and O–H groups in total. The SMILES string of the molecule is Cc1ccc(Cl)cc1NC(=O)CSc1nnc(-c2ccc3ccccc3c2)o1. The second-order valence-electron chi connectivity index (χ2n) is 6.23. The van der Waals surface area contributed by atoms with Crippen LogP contribution in [0.5, 0.6) is 0 Å². The molecular weight excluding hydrogens is 394 g/mol. The maximum absolute atomic E-state index is 12.2. The molecule has 0 atom stereocenters. The van der Waals surface area contributed by atoms with Gasteiger partial charge in [-0.3, -0.25) is 4.79 Å². The number of aromatic nitrogens is 2. The fraction of sp³-hybridized carbons (Fsp3) is 0.0952. The molecule has 0 saturated carbocycles. The third-order valence-electron chi connectivity index (χ3n) is 4.20. The molecule has 0 aliphatic carbocycles. The maximum Gasteiger partial charge on any atom is 0.277 e. The van der Waals surface area contributed by atoms with Gasteiger partial charge in [0.2, 0.25) is 11.8 Å². The minimum Gasteiger partial charge on any atom is -0.411 e. The van der Waals surface area contributed by atoms with E-state index in [1.807, 2.05) is 49.4 Å². The Morgan fingerprint density at radius 3 is 2.75 bits per heavy atom. The first-order valence-corrected chi connectivity index (χ1v) is 9.96. The Hall–Kier alpha value is -2.83. The summed E-state index contributed by atoms with van der Waals surface area (Å²) in [6, 6.07) is 19.4. The summed E-state index contributed by atoms with van der Waals surface area (Å²) in [5.41, 5.74) is 2.48. The summed E-state index contributed by atoms with van der Waals surface area (Å²) in [5, 5.41) is 14.1. The molecule has 0 bridgehead atoms. The summed E-state index contributed by atoms with van der Waals surface area (Å²) in [6.45, 7) is 1.91. The Kier molecular flexibility index (Phi) is 5.32. The third-order valence-corrected chi connectivity index (χ3v) is 5.26. The first-order valence-electron chi connectivity index (χ1n) is 8.60. The molecule has 5 nitrogen and oxygen atoms in total. The van der Waals surface area contributed by atoms with Crippen molar-refractivity contribution in [3.8, 4) is 11.5 Å². The van der Waals surface area contributed by atoms with Gasteiger partial charge in [-0.25, -0.2) is 0 Å². The van der Waals surface area contributed by atoms with E-state index in [-0.39, 0.29) is 11.7 Å². The Labute approximate surface area is 171 Å². The van der Waals surface area contributed by atoms with Crippen molar-refractivity contribution in [3.05, 3.63) is 71.2 Å². The van der Waals surface area contributed by atoms with Crippen molar-refractivity contribution >= 4 is 45.7 Å². The van der Waals surface area contributed by atoms with Crippen molar-refractivity contribution in [1.29, 1.82) is 0 Å². The number of anilines is 1. The number of thioether (sulfide) groups is 1. The number of carbonyl (C=O) groups excluding carboxylic acids is 1. The second-order valence-corrected chi connectivity index (χ2v) is 7.59. The number of hydrogen-bond acceptors (Lipinski definition) is 5. The van der Waals surface area contributed by atoms with Crippen LogP contribution in [0.2, 0.25) is 5.02 Å². The topological polar surface area (TPSA) is 68.0 Å². The molecule has 1 heterocycles. The molecule has 3 aromatic carbocycles. The van der Waals surface area contributed by atoms with Crippen molar-refractivity contribution in [1.82, 2.24) is 10.2 Å². The Balaban J connectivity index is 1.41. The van der Waals surface area contributed by atoms with E-state index in [2.05, 4.69) is 21.6 Å². The molecule has 0 saturated heterocycles. The predicted octanol–water partition coefficient (Wildman–Crippen LogP) is 5.58. The lowest BCUT2D eigenvalue weighted by atomic mass is 10.1. The summed E-state index contributed by atoms with van der Waals surface area (Å²) in [6.07, 6.45) is 0. The molecule has 0 aliphatic heterocycles. The lowest BCUT2D eigenvalue weighted by Crippen LogP contribution is -2.14. The van der Waals surface area contributed by atoms with Gasteiger partial charge in [-0.1, -0.05) is 59.8 Å². The number of rotatable bonds is 5. The minimum atomic E-state index is -0.166. The maximum atomic E-state index is 12.2. The number of halogens is 1. The van der Waals surface area contributed by atoms with Crippen LogP contribution in [0.25, 0.3) is 22.2 Å². The molecule has 0 aliphatic rings. The number of hydrogen-bond donors (Lipinski definition) is 1. The Bertz CT molecular complexity index is 1160. The first kappa shape index (κ1) is 18.5. The van der Waals surface area contributed by atoms with Crippen molar-refractivity contribution < 1.29 is 9.21 Å². The molecule has 0 spiro atoms. The number of amides is 1. The molecule has 0 radical (unpaired) electrons. The van der Waals surface area contributed by atoms with Crippen LogP contribution in [-0.4, -0.2) is 21.9 Å². The van der Waals surface area contributed by atoms with E-state index in [1.165, 1.54) is 11.8 Å². The summed E-state index contributed by atoms with van der Waals surface area (Å²) < 4.78 is 5.70. The predicted molar refractivity (Wildman–Crippen MR) is 113 cm³/mol. The number of carbonyl (C=O) groups is 1. The van der Waals surface area contributed by atoms with E-state index in [9.17, 15) is 4.79 Å². The van der Waals surface area contributed by atoms with Gasteiger partial charge < -0.3 is 9.73 Å². The minimum absolute atomic E-state index is 0.158. The van der Waals surface area contributed by atoms with E-state index < -0.39 is 0 Å². The quantitative estimate of drug-likeness (QED) is 0.435. The zero-order valence-corrected chi connectivity index (χ0v) is 16.6. The monoisotopic (exact) mass is 409 g/mol. The fourth-order valence-corrected chi connectivity index (χ4v) is 3.48. The van der Waals surface area contributed by atoms with Gasteiger partial charge >= 0.3 is 0 Å². The molecule has 0 unspecified atom stereocenters. The summed E-state index contributed by atoms with van der Waals surface area (Å²) in [4.78, 5) is 12.2. The molecule has 1 aromatic heterocycles. The molecule has 0 fully saturated rings. The number of fused-ring (bicyclic) bond motifs is 1. The lowest BCUT2D eigenvalue weighted by molar-refractivity contribution is -0.113. The molecule has 4 aromatic rings. The van der Waals surface area contributed by atoms with Crippen LogP contribution < -0.4 is 5.32 Å². The second kappa shape index (κ2) is 8.04. The standard InChI is InChI=1S/C21H16ClN3O2S/c1-13-6-9-17(22)11-18(13)23-19(26)12-28-21-25-24-20(27-21)16-8-7-14-4-2-3-5-15(14)10-16/h2-11H,12H2,1H3,(H,23,26). The van der Waals surface area contributed by atoms with E-state index >= 15 is 0 Å². The van der Waals surface area contributed by atoms with Gasteiger partial charge in [0.15, 0.2) is 0 Å². The average molecular weight is 410 g/mol. The number of aryl methyl sites for hydroxylation is 1. The fourth-order valence-electron chi connectivity index (χ4n) is 2.75. The largest absolute Gasteiger partial charge is 0.411 e. The number of nitrogens with zero attached hydrogens (tertiary/aromatic N) is 2. The Morgan fingerprint density at radius 2 is 1.89 bits per heavy atom. The van der Waals surface area contributed by atoms with Crippen LogP contribution in [0.3, 0.4) is 0 Å². The van der Waals surface area contributed by atoms with Gasteiger partial charge in [0.1, 0.15) is 0 Å². The Morgan fingerprint density at radius 1 is 1.07 bits per heavy atom. The normalized spacial score (nSPS) is 10.9.